The topological polar surface area (TPSA) is 60.8 Å². The molecule has 4 heteroatoms. The molecule has 0 radical (unpaired) electrons. The molecule has 110 valence electrons. The summed E-state index contributed by atoms with van der Waals surface area (Å²) in [5, 5.41) is 19.1. The lowest BCUT2D eigenvalue weighted by atomic mass is 9.94. The Labute approximate surface area is 120 Å². The van der Waals surface area contributed by atoms with Crippen molar-refractivity contribution in [1.29, 1.82) is 0 Å². The van der Waals surface area contributed by atoms with Gasteiger partial charge in [0.2, 0.25) is 0 Å². The Morgan fingerprint density at radius 2 is 2.05 bits per heavy atom. The highest BCUT2D eigenvalue weighted by molar-refractivity contribution is 5.75. The van der Waals surface area contributed by atoms with Crippen LogP contribution in [0.4, 0.5) is 0 Å². The van der Waals surface area contributed by atoms with Crippen LogP contribution in [0.15, 0.2) is 24.3 Å². The number of hydrogen-bond acceptors (Lipinski definition) is 3. The molecule has 1 aromatic rings. The smallest absolute Gasteiger partial charge is 0.310 e. The molecule has 0 amide bonds. The maximum atomic E-state index is 10.9. The average molecular weight is 277 g/mol. The second-order valence-electron chi connectivity index (χ2n) is 6.11. The minimum absolute atomic E-state index is 0.472. The summed E-state index contributed by atoms with van der Waals surface area (Å²) in [7, 11) is 0. The lowest BCUT2D eigenvalue weighted by Crippen LogP contribution is -2.45. The molecular weight excluding hydrogens is 254 g/mol. The molecule has 2 N–H and O–H groups in total. The van der Waals surface area contributed by atoms with Crippen LogP contribution in [0.2, 0.25) is 0 Å². The largest absolute Gasteiger partial charge is 0.481 e. The zero-order valence-electron chi connectivity index (χ0n) is 12.2. The molecule has 4 nitrogen and oxygen atoms in total. The van der Waals surface area contributed by atoms with Crippen LogP contribution in [-0.2, 0) is 11.3 Å². The Morgan fingerprint density at radius 1 is 1.40 bits per heavy atom. The SMILES string of the molecule is CC(C(=O)O)c1ccc(CN2CCCC(C)(O)C2)cc1. The van der Waals surface area contributed by atoms with E-state index in [1.165, 1.54) is 0 Å². The van der Waals surface area contributed by atoms with E-state index in [0.29, 0.717) is 6.54 Å². The number of hydrogen-bond donors (Lipinski definition) is 2. The van der Waals surface area contributed by atoms with Crippen LogP contribution in [0.1, 0.15) is 43.7 Å². The molecule has 2 atom stereocenters. The Bertz CT molecular complexity index is 467. The lowest BCUT2D eigenvalue weighted by molar-refractivity contribution is -0.138. The minimum Gasteiger partial charge on any atom is -0.481 e. The Balaban J connectivity index is 1.99. The Hall–Kier alpha value is -1.39. The van der Waals surface area contributed by atoms with Crippen molar-refractivity contribution in [3.05, 3.63) is 35.4 Å². The third kappa shape index (κ3) is 3.81. The van der Waals surface area contributed by atoms with Gasteiger partial charge in [-0.2, -0.15) is 0 Å². The summed E-state index contributed by atoms with van der Waals surface area (Å²) in [6.45, 7) is 6.08. The van der Waals surface area contributed by atoms with Gasteiger partial charge in [0.05, 0.1) is 11.5 Å². The van der Waals surface area contributed by atoms with Crippen molar-refractivity contribution < 1.29 is 15.0 Å². The number of piperidine rings is 1. The number of carboxylic acids is 1. The van der Waals surface area contributed by atoms with Crippen LogP contribution < -0.4 is 0 Å². The predicted octanol–water partition coefficient (Wildman–Crippen LogP) is 2.22. The highest BCUT2D eigenvalue weighted by Crippen LogP contribution is 2.22. The molecular formula is C16H23NO3. The molecule has 0 aromatic heterocycles. The number of nitrogens with zero attached hydrogens (tertiary/aromatic N) is 1. The van der Waals surface area contributed by atoms with Crippen LogP contribution in [0.3, 0.4) is 0 Å². The van der Waals surface area contributed by atoms with Gasteiger partial charge < -0.3 is 10.2 Å². The fourth-order valence-corrected chi connectivity index (χ4v) is 2.77. The zero-order valence-corrected chi connectivity index (χ0v) is 12.2. The fourth-order valence-electron chi connectivity index (χ4n) is 2.77. The Morgan fingerprint density at radius 3 is 2.60 bits per heavy atom. The van der Waals surface area contributed by atoms with E-state index in [-0.39, 0.29) is 0 Å². The summed E-state index contributed by atoms with van der Waals surface area (Å²) in [5.41, 5.74) is 1.40. The van der Waals surface area contributed by atoms with E-state index in [1.54, 1.807) is 6.92 Å². The van der Waals surface area contributed by atoms with Crippen LogP contribution in [0, 0.1) is 0 Å². The normalized spacial score (nSPS) is 25.4. The van der Waals surface area contributed by atoms with E-state index < -0.39 is 17.5 Å². The molecule has 1 heterocycles. The van der Waals surface area contributed by atoms with Crippen molar-refractivity contribution in [1.82, 2.24) is 4.90 Å². The third-order valence-corrected chi connectivity index (χ3v) is 4.01. The van der Waals surface area contributed by atoms with Gasteiger partial charge in [-0.05, 0) is 44.4 Å². The van der Waals surface area contributed by atoms with E-state index in [2.05, 4.69) is 4.90 Å². The molecule has 20 heavy (non-hydrogen) atoms. The lowest BCUT2D eigenvalue weighted by Gasteiger charge is -2.36. The molecule has 0 aliphatic carbocycles. The third-order valence-electron chi connectivity index (χ3n) is 4.01. The van der Waals surface area contributed by atoms with Gasteiger partial charge in [0, 0.05) is 13.1 Å². The number of β-amino-alcohol motifs (C(OH)–C–C–N with tert-alkyl or cyclic N) is 1. The van der Waals surface area contributed by atoms with Crippen LogP contribution in [0.5, 0.6) is 0 Å². The van der Waals surface area contributed by atoms with Gasteiger partial charge in [-0.15, -0.1) is 0 Å². The molecule has 1 aromatic carbocycles. The van der Waals surface area contributed by atoms with Gasteiger partial charge in [0.25, 0.3) is 0 Å². The second-order valence-corrected chi connectivity index (χ2v) is 6.11. The number of aliphatic carboxylic acids is 1. The van der Waals surface area contributed by atoms with Crippen molar-refractivity contribution in [3.63, 3.8) is 0 Å². The summed E-state index contributed by atoms with van der Waals surface area (Å²) in [4.78, 5) is 13.2. The van der Waals surface area contributed by atoms with Gasteiger partial charge >= 0.3 is 5.97 Å². The average Bonchev–Trinajstić information content (AvgIpc) is 2.37. The summed E-state index contributed by atoms with van der Waals surface area (Å²) in [5.74, 6) is -1.27. The number of carbonyl (C=O) groups is 1. The maximum absolute atomic E-state index is 10.9. The number of benzene rings is 1. The predicted molar refractivity (Wildman–Crippen MR) is 77.6 cm³/mol. The summed E-state index contributed by atoms with van der Waals surface area (Å²) in [6.07, 6.45) is 1.87. The quantitative estimate of drug-likeness (QED) is 0.886. The Kier molecular flexibility index (Phi) is 4.45. The van der Waals surface area contributed by atoms with Crippen molar-refractivity contribution in [3.8, 4) is 0 Å². The zero-order chi connectivity index (χ0) is 14.8. The van der Waals surface area contributed by atoms with Crippen molar-refractivity contribution in [2.75, 3.05) is 13.1 Å². The molecule has 0 saturated carbocycles. The van der Waals surface area contributed by atoms with Gasteiger partial charge in [-0.1, -0.05) is 24.3 Å². The molecule has 1 aliphatic rings. The summed E-state index contributed by atoms with van der Waals surface area (Å²) < 4.78 is 0. The number of carboxylic acid groups (broad SMARTS) is 1. The van der Waals surface area contributed by atoms with Gasteiger partial charge in [-0.3, -0.25) is 9.69 Å². The van der Waals surface area contributed by atoms with E-state index in [9.17, 15) is 9.90 Å². The molecule has 2 rings (SSSR count). The van der Waals surface area contributed by atoms with Gasteiger partial charge in [0.15, 0.2) is 0 Å². The van der Waals surface area contributed by atoms with Crippen molar-refractivity contribution >= 4 is 5.97 Å². The van der Waals surface area contributed by atoms with Crippen molar-refractivity contribution in [2.24, 2.45) is 0 Å². The minimum atomic E-state index is -0.801. The summed E-state index contributed by atoms with van der Waals surface area (Å²) >= 11 is 0. The molecule has 0 spiro atoms. The van der Waals surface area contributed by atoms with E-state index in [1.807, 2.05) is 31.2 Å². The van der Waals surface area contributed by atoms with Crippen LogP contribution in [-0.4, -0.2) is 39.8 Å². The highest BCUT2D eigenvalue weighted by Gasteiger charge is 2.28. The first-order valence-electron chi connectivity index (χ1n) is 7.14. The standard InChI is InChI=1S/C16H23NO3/c1-12(15(18)19)14-6-4-13(5-7-14)10-17-9-3-8-16(2,20)11-17/h4-7,12,20H,3,8-11H2,1-2H3,(H,18,19). The van der Waals surface area contributed by atoms with Crippen LogP contribution >= 0.6 is 0 Å². The number of aliphatic hydroxyl groups is 1. The van der Waals surface area contributed by atoms with E-state index in [4.69, 9.17) is 5.11 Å². The second kappa shape index (κ2) is 5.94. The van der Waals surface area contributed by atoms with Gasteiger partial charge in [0.1, 0.15) is 0 Å². The van der Waals surface area contributed by atoms with Crippen LogP contribution in [0.25, 0.3) is 0 Å². The first-order valence-corrected chi connectivity index (χ1v) is 7.14. The maximum Gasteiger partial charge on any atom is 0.310 e. The summed E-state index contributed by atoms with van der Waals surface area (Å²) in [6, 6.07) is 7.74. The van der Waals surface area contributed by atoms with Gasteiger partial charge in [-0.25, -0.2) is 0 Å². The number of likely N-dealkylation sites (tertiary alicyclic amines) is 1. The fraction of sp³-hybridized carbons (Fsp3) is 0.562. The number of rotatable bonds is 4. The highest BCUT2D eigenvalue weighted by atomic mass is 16.4. The monoisotopic (exact) mass is 277 g/mol. The van der Waals surface area contributed by atoms with Crippen molar-refractivity contribution in [2.45, 2.75) is 44.8 Å². The molecule has 1 aliphatic heterocycles. The van der Waals surface area contributed by atoms with E-state index >= 15 is 0 Å². The molecule has 0 bridgehead atoms. The first-order chi connectivity index (χ1) is 9.37. The molecule has 1 fully saturated rings. The molecule has 1 saturated heterocycles. The van der Waals surface area contributed by atoms with E-state index in [0.717, 1.165) is 37.1 Å². The first kappa shape index (κ1) is 15.0. The molecule has 2 unspecified atom stereocenters.